The standard InChI is InChI=1S/C16H24N2O4S.ClH/c1-20-13-8-15(22-3)14(21-2)6-11(13)9-18-16(19)7-12-10-23-5-4-17-12;/h6,8,12,17H,4-5,7,9-10H2,1-3H3,(H,18,19);1H. The minimum atomic E-state index is 0. The van der Waals surface area contributed by atoms with E-state index in [0.29, 0.717) is 30.2 Å². The van der Waals surface area contributed by atoms with Gasteiger partial charge in [0.1, 0.15) is 5.75 Å². The third-order valence-corrected chi connectivity index (χ3v) is 4.82. The number of carbonyl (C=O) groups is 1. The highest BCUT2D eigenvalue weighted by atomic mass is 35.5. The Hall–Kier alpha value is -1.31. The molecule has 2 N–H and O–H groups in total. The number of ether oxygens (including phenoxy) is 3. The van der Waals surface area contributed by atoms with Crippen molar-refractivity contribution in [3.8, 4) is 17.2 Å². The molecule has 24 heavy (non-hydrogen) atoms. The number of nitrogens with one attached hydrogen (secondary N) is 2. The van der Waals surface area contributed by atoms with Gasteiger partial charge in [-0.3, -0.25) is 4.79 Å². The molecular weight excluding hydrogens is 352 g/mol. The summed E-state index contributed by atoms with van der Waals surface area (Å²) in [4.78, 5) is 12.1. The van der Waals surface area contributed by atoms with Gasteiger partial charge in [-0.1, -0.05) is 0 Å². The van der Waals surface area contributed by atoms with E-state index in [2.05, 4.69) is 10.6 Å². The van der Waals surface area contributed by atoms with E-state index in [-0.39, 0.29) is 24.4 Å². The molecule has 2 rings (SSSR count). The van der Waals surface area contributed by atoms with Crippen molar-refractivity contribution in [2.45, 2.75) is 19.0 Å². The van der Waals surface area contributed by atoms with Crippen molar-refractivity contribution in [2.75, 3.05) is 39.4 Å². The van der Waals surface area contributed by atoms with Crippen LogP contribution in [0.4, 0.5) is 0 Å². The average molecular weight is 377 g/mol. The van der Waals surface area contributed by atoms with Crippen molar-refractivity contribution < 1.29 is 19.0 Å². The van der Waals surface area contributed by atoms with E-state index in [9.17, 15) is 4.79 Å². The molecule has 6 nitrogen and oxygen atoms in total. The van der Waals surface area contributed by atoms with E-state index >= 15 is 0 Å². The molecule has 0 aliphatic carbocycles. The largest absolute Gasteiger partial charge is 0.496 e. The first kappa shape index (κ1) is 20.7. The summed E-state index contributed by atoms with van der Waals surface area (Å²) in [5.74, 6) is 4.00. The number of methoxy groups -OCH3 is 3. The summed E-state index contributed by atoms with van der Waals surface area (Å²) >= 11 is 1.88. The fraction of sp³-hybridized carbons (Fsp3) is 0.562. The maximum atomic E-state index is 12.1. The minimum Gasteiger partial charge on any atom is -0.496 e. The number of rotatable bonds is 7. The lowest BCUT2D eigenvalue weighted by Gasteiger charge is -2.22. The van der Waals surface area contributed by atoms with Crippen molar-refractivity contribution in [3.05, 3.63) is 17.7 Å². The molecule has 1 unspecified atom stereocenters. The lowest BCUT2D eigenvalue weighted by molar-refractivity contribution is -0.121. The Balaban J connectivity index is 0.00000288. The molecule has 0 aromatic heterocycles. The molecule has 1 aliphatic rings. The van der Waals surface area contributed by atoms with Crippen molar-refractivity contribution in [2.24, 2.45) is 0 Å². The van der Waals surface area contributed by atoms with Crippen LogP contribution in [-0.4, -0.2) is 51.3 Å². The van der Waals surface area contributed by atoms with E-state index in [1.54, 1.807) is 27.4 Å². The van der Waals surface area contributed by atoms with Crippen LogP contribution in [0, 0.1) is 0 Å². The topological polar surface area (TPSA) is 68.8 Å². The Morgan fingerprint density at radius 3 is 2.46 bits per heavy atom. The van der Waals surface area contributed by atoms with E-state index in [1.807, 2.05) is 17.8 Å². The van der Waals surface area contributed by atoms with Gasteiger partial charge < -0.3 is 24.8 Å². The first-order chi connectivity index (χ1) is 11.2. The summed E-state index contributed by atoms with van der Waals surface area (Å²) in [5, 5.41) is 6.31. The molecule has 1 aromatic carbocycles. The van der Waals surface area contributed by atoms with Gasteiger partial charge in [-0.25, -0.2) is 0 Å². The molecule has 1 aliphatic heterocycles. The van der Waals surface area contributed by atoms with Gasteiger partial charge in [-0.15, -0.1) is 12.4 Å². The molecule has 0 spiro atoms. The van der Waals surface area contributed by atoms with E-state index in [4.69, 9.17) is 14.2 Å². The summed E-state index contributed by atoms with van der Waals surface area (Å²) in [5.41, 5.74) is 0.851. The number of carbonyl (C=O) groups excluding carboxylic acids is 1. The maximum absolute atomic E-state index is 12.1. The Morgan fingerprint density at radius 1 is 1.21 bits per heavy atom. The number of hydrogen-bond acceptors (Lipinski definition) is 6. The molecule has 1 saturated heterocycles. The smallest absolute Gasteiger partial charge is 0.221 e. The highest BCUT2D eigenvalue weighted by molar-refractivity contribution is 7.99. The molecule has 136 valence electrons. The fourth-order valence-corrected chi connectivity index (χ4v) is 3.42. The van der Waals surface area contributed by atoms with Crippen LogP contribution in [0.3, 0.4) is 0 Å². The highest BCUT2D eigenvalue weighted by Crippen LogP contribution is 2.34. The van der Waals surface area contributed by atoms with Gasteiger partial charge in [-0.05, 0) is 6.07 Å². The molecule has 1 fully saturated rings. The van der Waals surface area contributed by atoms with E-state index in [1.165, 1.54) is 0 Å². The summed E-state index contributed by atoms with van der Waals surface area (Å²) in [6, 6.07) is 3.84. The Bertz CT molecular complexity index is 539. The second-order valence-corrected chi connectivity index (χ2v) is 6.38. The number of thioether (sulfide) groups is 1. The third-order valence-electron chi connectivity index (χ3n) is 3.69. The fourth-order valence-electron chi connectivity index (χ4n) is 2.47. The van der Waals surface area contributed by atoms with Crippen molar-refractivity contribution in [1.82, 2.24) is 10.6 Å². The SMILES string of the molecule is COc1cc(OC)c(OC)cc1CNC(=O)CC1CSCCN1.Cl. The van der Waals surface area contributed by atoms with Crippen LogP contribution in [0.25, 0.3) is 0 Å². The number of amides is 1. The van der Waals surface area contributed by atoms with E-state index < -0.39 is 0 Å². The first-order valence-electron chi connectivity index (χ1n) is 7.54. The van der Waals surface area contributed by atoms with Crippen molar-refractivity contribution in [1.29, 1.82) is 0 Å². The van der Waals surface area contributed by atoms with Crippen LogP contribution in [0.1, 0.15) is 12.0 Å². The van der Waals surface area contributed by atoms with Gasteiger partial charge in [0.25, 0.3) is 0 Å². The van der Waals surface area contributed by atoms with Crippen LogP contribution >= 0.6 is 24.2 Å². The van der Waals surface area contributed by atoms with Crippen LogP contribution in [0.5, 0.6) is 17.2 Å². The third kappa shape index (κ3) is 5.65. The van der Waals surface area contributed by atoms with Gasteiger partial charge in [-0.2, -0.15) is 11.8 Å². The van der Waals surface area contributed by atoms with Crippen LogP contribution in [0.15, 0.2) is 12.1 Å². The van der Waals surface area contributed by atoms with Crippen LogP contribution in [0.2, 0.25) is 0 Å². The summed E-state index contributed by atoms with van der Waals surface area (Å²) in [7, 11) is 4.75. The van der Waals surface area contributed by atoms with Crippen molar-refractivity contribution in [3.63, 3.8) is 0 Å². The summed E-state index contributed by atoms with van der Waals surface area (Å²) in [6.07, 6.45) is 0.489. The van der Waals surface area contributed by atoms with E-state index in [0.717, 1.165) is 23.6 Å². The lowest BCUT2D eigenvalue weighted by atomic mass is 10.1. The molecular formula is C16H25ClN2O4S. The monoisotopic (exact) mass is 376 g/mol. The van der Waals surface area contributed by atoms with Gasteiger partial charge in [0.15, 0.2) is 11.5 Å². The molecule has 8 heteroatoms. The van der Waals surface area contributed by atoms with Gasteiger partial charge >= 0.3 is 0 Å². The number of hydrogen-bond donors (Lipinski definition) is 2. The predicted molar refractivity (Wildman–Crippen MR) is 98.9 cm³/mol. The second-order valence-electron chi connectivity index (χ2n) is 5.23. The first-order valence-corrected chi connectivity index (χ1v) is 8.70. The molecule has 0 saturated carbocycles. The van der Waals surface area contributed by atoms with Crippen LogP contribution < -0.4 is 24.8 Å². The van der Waals surface area contributed by atoms with Gasteiger partial charge in [0, 0.05) is 48.7 Å². The molecule has 1 atom stereocenters. The summed E-state index contributed by atoms with van der Waals surface area (Å²) < 4.78 is 15.9. The second kappa shape index (κ2) is 10.5. The minimum absolute atomic E-state index is 0. The van der Waals surface area contributed by atoms with Crippen LogP contribution in [-0.2, 0) is 11.3 Å². The maximum Gasteiger partial charge on any atom is 0.221 e. The zero-order valence-corrected chi connectivity index (χ0v) is 15.9. The number of benzene rings is 1. The molecule has 0 bridgehead atoms. The molecule has 1 amide bonds. The highest BCUT2D eigenvalue weighted by Gasteiger charge is 2.17. The molecule has 1 heterocycles. The predicted octanol–water partition coefficient (Wildman–Crippen LogP) is 1.85. The zero-order valence-electron chi connectivity index (χ0n) is 14.2. The van der Waals surface area contributed by atoms with Gasteiger partial charge in [0.2, 0.25) is 5.91 Å². The zero-order chi connectivity index (χ0) is 16.7. The Kier molecular flexibility index (Phi) is 9.10. The number of halogens is 1. The molecule has 1 aromatic rings. The van der Waals surface area contributed by atoms with Crippen molar-refractivity contribution >= 4 is 30.1 Å². The average Bonchev–Trinajstić information content (AvgIpc) is 2.59. The normalized spacial score (nSPS) is 16.7. The Morgan fingerprint density at radius 2 is 1.88 bits per heavy atom. The van der Waals surface area contributed by atoms with Gasteiger partial charge in [0.05, 0.1) is 21.3 Å². The molecule has 0 radical (unpaired) electrons. The summed E-state index contributed by atoms with van der Waals surface area (Å²) in [6.45, 7) is 1.36. The lowest BCUT2D eigenvalue weighted by Crippen LogP contribution is -2.41. The Labute approximate surface area is 153 Å². The quantitative estimate of drug-likeness (QED) is 0.756.